The lowest BCUT2D eigenvalue weighted by Crippen LogP contribution is -2.01. The van der Waals surface area contributed by atoms with E-state index in [1.807, 2.05) is 12.1 Å². The lowest BCUT2D eigenvalue weighted by atomic mass is 10.4. The van der Waals surface area contributed by atoms with Crippen LogP contribution in [0.1, 0.15) is 5.69 Å². The van der Waals surface area contributed by atoms with Gasteiger partial charge in [-0.2, -0.15) is 0 Å². The Balaban J connectivity index is 1.93. The molecule has 0 bridgehead atoms. The second-order valence-electron chi connectivity index (χ2n) is 3.01. The normalized spacial score (nSPS) is 9.93. The number of ether oxygens (including phenoxy) is 1. The van der Waals surface area contributed by atoms with E-state index < -0.39 is 0 Å². The van der Waals surface area contributed by atoms with Crippen molar-refractivity contribution in [3.63, 3.8) is 0 Å². The summed E-state index contributed by atoms with van der Waals surface area (Å²) in [5.41, 5.74) is 1.02. The Morgan fingerprint density at radius 1 is 1.40 bits per heavy atom. The van der Waals surface area contributed by atoms with Gasteiger partial charge in [0.05, 0.1) is 31.9 Å². The third-order valence-electron chi connectivity index (χ3n) is 1.99. The molecule has 2 rings (SSSR count). The molecular formula is C10H12N4O. The summed E-state index contributed by atoms with van der Waals surface area (Å²) in [5.74, 6) is 1.56. The summed E-state index contributed by atoms with van der Waals surface area (Å²) in [6, 6.07) is 3.73. The summed E-state index contributed by atoms with van der Waals surface area (Å²) in [5, 5.41) is 3.16. The minimum absolute atomic E-state index is 0.680. The molecule has 5 heteroatoms. The van der Waals surface area contributed by atoms with Gasteiger partial charge in [-0.25, -0.2) is 9.97 Å². The number of H-pyrrole nitrogens is 1. The summed E-state index contributed by atoms with van der Waals surface area (Å²) < 4.78 is 5.01. The van der Waals surface area contributed by atoms with Gasteiger partial charge in [0.25, 0.3) is 0 Å². The molecule has 0 fully saturated rings. The first kappa shape index (κ1) is 9.51. The van der Waals surface area contributed by atoms with E-state index in [0.717, 1.165) is 17.3 Å². The summed E-state index contributed by atoms with van der Waals surface area (Å²) in [4.78, 5) is 11.1. The average Bonchev–Trinajstić information content (AvgIpc) is 2.80. The highest BCUT2D eigenvalue weighted by molar-refractivity contribution is 5.37. The van der Waals surface area contributed by atoms with E-state index in [1.54, 1.807) is 25.8 Å². The molecule has 2 heterocycles. The van der Waals surface area contributed by atoms with Gasteiger partial charge in [-0.15, -0.1) is 0 Å². The SMILES string of the molecule is COc1ccc(NCc2cnc[nH]2)nc1. The highest BCUT2D eigenvalue weighted by atomic mass is 16.5. The number of hydrogen-bond acceptors (Lipinski definition) is 4. The van der Waals surface area contributed by atoms with Crippen molar-refractivity contribution in [1.82, 2.24) is 15.0 Å². The van der Waals surface area contributed by atoms with Crippen LogP contribution >= 0.6 is 0 Å². The molecule has 0 atom stereocenters. The number of pyridine rings is 1. The molecule has 2 N–H and O–H groups in total. The number of aromatic nitrogens is 3. The summed E-state index contributed by atoms with van der Waals surface area (Å²) in [7, 11) is 1.62. The second kappa shape index (κ2) is 4.45. The lowest BCUT2D eigenvalue weighted by Gasteiger charge is -2.04. The maximum absolute atomic E-state index is 5.01. The van der Waals surface area contributed by atoms with E-state index >= 15 is 0 Å². The van der Waals surface area contributed by atoms with Gasteiger partial charge in [0.2, 0.25) is 0 Å². The zero-order valence-corrected chi connectivity index (χ0v) is 8.40. The number of imidazole rings is 1. The zero-order chi connectivity index (χ0) is 10.5. The van der Waals surface area contributed by atoms with Gasteiger partial charge in [0.1, 0.15) is 11.6 Å². The first-order valence-corrected chi connectivity index (χ1v) is 4.59. The van der Waals surface area contributed by atoms with Gasteiger partial charge >= 0.3 is 0 Å². The molecule has 0 radical (unpaired) electrons. The minimum atomic E-state index is 0.680. The van der Waals surface area contributed by atoms with Gasteiger partial charge in [-0.3, -0.25) is 0 Å². The number of hydrogen-bond donors (Lipinski definition) is 2. The predicted octanol–water partition coefficient (Wildman–Crippen LogP) is 1.43. The zero-order valence-electron chi connectivity index (χ0n) is 8.40. The molecule has 78 valence electrons. The topological polar surface area (TPSA) is 62.8 Å². The fraction of sp³-hybridized carbons (Fsp3) is 0.200. The van der Waals surface area contributed by atoms with E-state index in [4.69, 9.17) is 4.74 Å². The lowest BCUT2D eigenvalue weighted by molar-refractivity contribution is 0.413. The molecule has 0 aliphatic rings. The molecular weight excluding hydrogens is 192 g/mol. The van der Waals surface area contributed by atoms with Crippen LogP contribution in [0.5, 0.6) is 5.75 Å². The molecule has 0 saturated heterocycles. The van der Waals surface area contributed by atoms with Crippen LogP contribution in [-0.2, 0) is 6.54 Å². The Labute approximate surface area is 87.5 Å². The first-order valence-electron chi connectivity index (χ1n) is 4.59. The Hall–Kier alpha value is -2.04. The van der Waals surface area contributed by atoms with Crippen LogP contribution in [0.25, 0.3) is 0 Å². The van der Waals surface area contributed by atoms with Crippen LogP contribution in [0.2, 0.25) is 0 Å². The Morgan fingerprint density at radius 2 is 2.33 bits per heavy atom. The fourth-order valence-electron chi connectivity index (χ4n) is 1.17. The first-order chi connectivity index (χ1) is 7.38. The Morgan fingerprint density at radius 3 is 2.93 bits per heavy atom. The minimum Gasteiger partial charge on any atom is -0.495 e. The van der Waals surface area contributed by atoms with Crippen molar-refractivity contribution >= 4 is 5.82 Å². The molecule has 0 spiro atoms. The highest BCUT2D eigenvalue weighted by Crippen LogP contribution is 2.11. The molecule has 0 aliphatic carbocycles. The number of aromatic amines is 1. The largest absolute Gasteiger partial charge is 0.495 e. The van der Waals surface area contributed by atoms with Crippen molar-refractivity contribution in [2.45, 2.75) is 6.54 Å². The molecule has 2 aromatic heterocycles. The van der Waals surface area contributed by atoms with E-state index in [2.05, 4.69) is 20.3 Å². The Bertz CT molecular complexity index is 396. The molecule has 0 amide bonds. The molecule has 15 heavy (non-hydrogen) atoms. The maximum Gasteiger partial charge on any atom is 0.137 e. The predicted molar refractivity (Wildman–Crippen MR) is 56.7 cm³/mol. The standard InChI is InChI=1S/C10H12N4O/c1-15-9-2-3-10(13-6-9)12-5-8-4-11-7-14-8/h2-4,6-7H,5H2,1H3,(H,11,14)(H,12,13). The Kier molecular flexibility index (Phi) is 2.82. The van der Waals surface area contributed by atoms with Crippen molar-refractivity contribution < 1.29 is 4.74 Å². The van der Waals surface area contributed by atoms with Crippen molar-refractivity contribution in [1.29, 1.82) is 0 Å². The van der Waals surface area contributed by atoms with Crippen molar-refractivity contribution in [3.8, 4) is 5.75 Å². The monoisotopic (exact) mass is 204 g/mol. The summed E-state index contributed by atoms with van der Waals surface area (Å²) >= 11 is 0. The molecule has 0 aromatic carbocycles. The molecule has 0 saturated carbocycles. The smallest absolute Gasteiger partial charge is 0.137 e. The van der Waals surface area contributed by atoms with Crippen LogP contribution in [0.4, 0.5) is 5.82 Å². The molecule has 5 nitrogen and oxygen atoms in total. The van der Waals surface area contributed by atoms with Gasteiger partial charge in [0.15, 0.2) is 0 Å². The summed E-state index contributed by atoms with van der Waals surface area (Å²) in [6.45, 7) is 0.680. The van der Waals surface area contributed by atoms with Gasteiger partial charge in [0, 0.05) is 6.20 Å². The van der Waals surface area contributed by atoms with E-state index in [0.29, 0.717) is 6.54 Å². The summed E-state index contributed by atoms with van der Waals surface area (Å²) in [6.07, 6.45) is 5.10. The van der Waals surface area contributed by atoms with Crippen LogP contribution in [0.3, 0.4) is 0 Å². The number of anilines is 1. The van der Waals surface area contributed by atoms with Crippen molar-refractivity contribution in [3.05, 3.63) is 36.5 Å². The van der Waals surface area contributed by atoms with Crippen LogP contribution in [0, 0.1) is 0 Å². The maximum atomic E-state index is 5.01. The third-order valence-corrected chi connectivity index (χ3v) is 1.99. The average molecular weight is 204 g/mol. The quantitative estimate of drug-likeness (QED) is 0.790. The van der Waals surface area contributed by atoms with Crippen molar-refractivity contribution in [2.75, 3.05) is 12.4 Å². The van der Waals surface area contributed by atoms with Gasteiger partial charge < -0.3 is 15.0 Å². The van der Waals surface area contributed by atoms with Gasteiger partial charge in [-0.05, 0) is 12.1 Å². The number of methoxy groups -OCH3 is 1. The fourth-order valence-corrected chi connectivity index (χ4v) is 1.17. The molecule has 0 unspecified atom stereocenters. The van der Waals surface area contributed by atoms with Crippen LogP contribution in [0.15, 0.2) is 30.9 Å². The number of nitrogens with one attached hydrogen (secondary N) is 2. The number of rotatable bonds is 4. The second-order valence-corrected chi connectivity index (χ2v) is 3.01. The van der Waals surface area contributed by atoms with Gasteiger partial charge in [-0.1, -0.05) is 0 Å². The highest BCUT2D eigenvalue weighted by Gasteiger charge is 1.96. The third kappa shape index (κ3) is 2.46. The van der Waals surface area contributed by atoms with Crippen LogP contribution in [-0.4, -0.2) is 22.1 Å². The molecule has 0 aliphatic heterocycles. The van der Waals surface area contributed by atoms with E-state index in [1.165, 1.54) is 0 Å². The van der Waals surface area contributed by atoms with Crippen LogP contribution < -0.4 is 10.1 Å². The van der Waals surface area contributed by atoms with E-state index in [-0.39, 0.29) is 0 Å². The van der Waals surface area contributed by atoms with E-state index in [9.17, 15) is 0 Å². The number of nitrogens with zero attached hydrogens (tertiary/aromatic N) is 2. The van der Waals surface area contributed by atoms with Crippen molar-refractivity contribution in [2.24, 2.45) is 0 Å². The molecule has 2 aromatic rings.